The molecule has 1 atom stereocenters. The summed E-state index contributed by atoms with van der Waals surface area (Å²) in [6.45, 7) is 1.41. The smallest absolute Gasteiger partial charge is 0.145 e. The van der Waals surface area contributed by atoms with Crippen LogP contribution in [0.15, 0.2) is 29.4 Å². The Hall–Kier alpha value is -1.35. The van der Waals surface area contributed by atoms with Crippen LogP contribution in [0.1, 0.15) is 24.0 Å². The van der Waals surface area contributed by atoms with Crippen LogP contribution >= 0.6 is 0 Å². The van der Waals surface area contributed by atoms with Gasteiger partial charge in [0.1, 0.15) is 12.7 Å². The quantitative estimate of drug-likeness (QED) is 0.574. The molecule has 1 aliphatic carbocycles. The van der Waals surface area contributed by atoms with E-state index in [0.29, 0.717) is 6.61 Å². The zero-order valence-corrected chi connectivity index (χ0v) is 9.19. The first-order chi connectivity index (χ1) is 7.93. The molecule has 0 bridgehead atoms. The molecule has 2 aliphatic rings. The van der Waals surface area contributed by atoms with Crippen molar-refractivity contribution in [3.8, 4) is 0 Å². The van der Waals surface area contributed by atoms with Crippen LogP contribution in [0.4, 0.5) is 0 Å². The van der Waals surface area contributed by atoms with Crippen LogP contribution in [0.5, 0.6) is 0 Å². The van der Waals surface area contributed by atoms with Crippen LogP contribution in [-0.4, -0.2) is 25.0 Å². The van der Waals surface area contributed by atoms with E-state index in [-0.39, 0.29) is 6.10 Å². The van der Waals surface area contributed by atoms with E-state index in [1.54, 1.807) is 0 Å². The van der Waals surface area contributed by atoms with Crippen molar-refractivity contribution in [1.29, 1.82) is 0 Å². The predicted molar refractivity (Wildman–Crippen MR) is 61.6 cm³/mol. The first kappa shape index (κ1) is 9.85. The molecule has 0 spiro atoms. The number of ether oxygens (including phenoxy) is 1. The average Bonchev–Trinajstić information content (AvgIpc) is 3.13. The van der Waals surface area contributed by atoms with Crippen molar-refractivity contribution in [1.82, 2.24) is 0 Å². The molecule has 3 heteroatoms. The second-order valence-electron chi connectivity index (χ2n) is 4.30. The number of rotatable bonds is 3. The molecule has 1 fully saturated rings. The minimum absolute atomic E-state index is 0.281. The highest BCUT2D eigenvalue weighted by Gasteiger charge is 2.23. The lowest BCUT2D eigenvalue weighted by molar-refractivity contribution is 0.124. The van der Waals surface area contributed by atoms with Crippen molar-refractivity contribution < 1.29 is 9.57 Å². The maximum absolute atomic E-state index is 5.32. The number of benzene rings is 1. The van der Waals surface area contributed by atoms with Crippen LogP contribution in [0, 0.1) is 0 Å². The van der Waals surface area contributed by atoms with Crippen LogP contribution in [0.2, 0.25) is 0 Å². The molecular formula is C13H15NO2. The largest absolute Gasteiger partial charge is 0.393 e. The zero-order chi connectivity index (χ0) is 10.8. The van der Waals surface area contributed by atoms with E-state index in [4.69, 9.17) is 9.57 Å². The van der Waals surface area contributed by atoms with Crippen molar-refractivity contribution >= 4 is 5.71 Å². The molecule has 0 saturated carbocycles. The van der Waals surface area contributed by atoms with Gasteiger partial charge in [-0.2, -0.15) is 0 Å². The maximum atomic E-state index is 5.32. The highest BCUT2D eigenvalue weighted by Crippen LogP contribution is 2.21. The Labute approximate surface area is 95.1 Å². The Morgan fingerprint density at radius 3 is 3.06 bits per heavy atom. The van der Waals surface area contributed by atoms with E-state index >= 15 is 0 Å². The summed E-state index contributed by atoms with van der Waals surface area (Å²) in [5, 5.41) is 4.24. The first-order valence-electron chi connectivity index (χ1n) is 5.82. The van der Waals surface area contributed by atoms with Gasteiger partial charge in [0, 0.05) is 5.56 Å². The second kappa shape index (κ2) is 4.26. The number of aryl methyl sites for hydroxylation is 1. The number of fused-ring (bicyclic) bond motifs is 1. The third-order valence-electron chi connectivity index (χ3n) is 3.03. The molecule has 1 aromatic carbocycles. The fraction of sp³-hybridized carbons (Fsp3) is 0.462. The Balaban J connectivity index is 1.75. The minimum Gasteiger partial charge on any atom is -0.393 e. The van der Waals surface area contributed by atoms with Gasteiger partial charge in [-0.05, 0) is 24.8 Å². The minimum atomic E-state index is 0.281. The topological polar surface area (TPSA) is 34.1 Å². The van der Waals surface area contributed by atoms with Crippen LogP contribution in [-0.2, 0) is 16.0 Å². The molecule has 1 aromatic rings. The Bertz CT molecular complexity index is 410. The van der Waals surface area contributed by atoms with E-state index in [9.17, 15) is 0 Å². The number of oxime groups is 1. The van der Waals surface area contributed by atoms with Gasteiger partial charge in [-0.15, -0.1) is 0 Å². The van der Waals surface area contributed by atoms with Crippen molar-refractivity contribution in [2.24, 2.45) is 5.16 Å². The zero-order valence-electron chi connectivity index (χ0n) is 9.19. The number of hydrogen-bond donors (Lipinski definition) is 0. The molecule has 0 unspecified atom stereocenters. The monoisotopic (exact) mass is 217 g/mol. The third kappa shape index (κ3) is 2.09. The van der Waals surface area contributed by atoms with Crippen molar-refractivity contribution in [3.63, 3.8) is 0 Å². The summed E-state index contributed by atoms with van der Waals surface area (Å²) in [7, 11) is 0. The lowest BCUT2D eigenvalue weighted by Gasteiger charge is -2.16. The lowest BCUT2D eigenvalue weighted by Crippen LogP contribution is -2.12. The number of hydrogen-bond acceptors (Lipinski definition) is 3. The summed E-state index contributed by atoms with van der Waals surface area (Å²) in [6.07, 6.45) is 3.62. The van der Waals surface area contributed by atoms with Crippen molar-refractivity contribution in [2.45, 2.75) is 25.4 Å². The maximum Gasteiger partial charge on any atom is 0.145 e. The molecule has 0 N–H and O–H groups in total. The summed E-state index contributed by atoms with van der Waals surface area (Å²) in [6, 6.07) is 8.45. The molecule has 0 aromatic heterocycles. The van der Waals surface area contributed by atoms with Crippen LogP contribution in [0.3, 0.4) is 0 Å². The molecule has 16 heavy (non-hydrogen) atoms. The first-order valence-corrected chi connectivity index (χ1v) is 5.82. The summed E-state index contributed by atoms with van der Waals surface area (Å²) in [5.41, 5.74) is 3.73. The van der Waals surface area contributed by atoms with Gasteiger partial charge in [0.05, 0.1) is 12.3 Å². The molecule has 84 valence electrons. The normalized spacial score (nSPS) is 25.2. The second-order valence-corrected chi connectivity index (χ2v) is 4.30. The van der Waals surface area contributed by atoms with Gasteiger partial charge >= 0.3 is 0 Å². The van der Waals surface area contributed by atoms with E-state index in [2.05, 4.69) is 29.4 Å². The van der Waals surface area contributed by atoms with Crippen LogP contribution < -0.4 is 0 Å². The third-order valence-corrected chi connectivity index (χ3v) is 3.03. The fourth-order valence-corrected chi connectivity index (χ4v) is 2.06. The Kier molecular flexibility index (Phi) is 2.62. The van der Waals surface area contributed by atoms with Gasteiger partial charge in [-0.1, -0.05) is 29.4 Å². The van der Waals surface area contributed by atoms with Gasteiger partial charge in [-0.3, -0.25) is 0 Å². The standard InChI is InChI=1S/C13H15NO2/c1-2-6-12-10(4-1)5-3-7-13(12)14-16-9-11-8-15-11/h1-2,4,6,11H,3,5,7-9H2/b14-13-/t11-/m1/s1. The van der Waals surface area contributed by atoms with E-state index < -0.39 is 0 Å². The molecule has 1 aliphatic heterocycles. The molecule has 3 nitrogen and oxygen atoms in total. The Morgan fingerprint density at radius 2 is 2.19 bits per heavy atom. The van der Waals surface area contributed by atoms with E-state index in [1.165, 1.54) is 17.5 Å². The van der Waals surface area contributed by atoms with Gasteiger partial charge in [0.15, 0.2) is 0 Å². The van der Waals surface area contributed by atoms with Gasteiger partial charge in [-0.25, -0.2) is 0 Å². The molecule has 1 saturated heterocycles. The summed E-state index contributed by atoms with van der Waals surface area (Å²) >= 11 is 0. The average molecular weight is 217 g/mol. The molecule has 3 rings (SSSR count). The number of epoxide rings is 1. The SMILES string of the molecule is c1ccc2c(c1)CCC/C2=N/OC[C@H]1CO1. The summed E-state index contributed by atoms with van der Waals surface area (Å²) in [5.74, 6) is 0. The highest BCUT2D eigenvalue weighted by molar-refractivity contribution is 6.02. The van der Waals surface area contributed by atoms with E-state index in [0.717, 1.165) is 25.2 Å². The summed E-state index contributed by atoms with van der Waals surface area (Å²) in [4.78, 5) is 5.32. The fourth-order valence-electron chi connectivity index (χ4n) is 2.06. The molecule has 0 radical (unpaired) electrons. The van der Waals surface area contributed by atoms with Crippen molar-refractivity contribution in [2.75, 3.05) is 13.2 Å². The lowest BCUT2D eigenvalue weighted by atomic mass is 9.90. The highest BCUT2D eigenvalue weighted by atomic mass is 16.7. The molecule has 0 amide bonds. The number of nitrogens with zero attached hydrogens (tertiary/aromatic N) is 1. The Morgan fingerprint density at radius 1 is 1.31 bits per heavy atom. The predicted octanol–water partition coefficient (Wildman–Crippen LogP) is 2.14. The van der Waals surface area contributed by atoms with Crippen molar-refractivity contribution in [3.05, 3.63) is 35.4 Å². The van der Waals surface area contributed by atoms with Gasteiger partial charge in [0.2, 0.25) is 0 Å². The van der Waals surface area contributed by atoms with Gasteiger partial charge < -0.3 is 9.57 Å². The van der Waals surface area contributed by atoms with E-state index in [1.807, 2.05) is 0 Å². The van der Waals surface area contributed by atoms with Crippen LogP contribution in [0.25, 0.3) is 0 Å². The molecular weight excluding hydrogens is 202 g/mol. The van der Waals surface area contributed by atoms with Gasteiger partial charge in [0.25, 0.3) is 0 Å². The molecule has 1 heterocycles. The summed E-state index contributed by atoms with van der Waals surface area (Å²) < 4.78 is 5.07.